The van der Waals surface area contributed by atoms with E-state index < -0.39 is 47.9 Å². The highest BCUT2D eigenvalue weighted by atomic mass is 16.6. The maximum atomic E-state index is 13.9. The van der Waals surface area contributed by atoms with Gasteiger partial charge in [0.25, 0.3) is 0 Å². The number of aliphatic hydroxyl groups excluding tert-OH is 3. The minimum atomic E-state index is -1.39. The first-order valence-corrected chi connectivity index (χ1v) is 14.9. The number of amides is 2. The number of carbonyl (C=O) groups excluding carboxylic acids is 2. The van der Waals surface area contributed by atoms with E-state index in [2.05, 4.69) is 16.0 Å². The fourth-order valence-corrected chi connectivity index (χ4v) is 5.27. The summed E-state index contributed by atoms with van der Waals surface area (Å²) in [5.41, 5.74) is 2.68. The molecule has 3 aromatic carbocycles. The Bertz CT molecular complexity index is 1360. The Balaban J connectivity index is 1.59. The van der Waals surface area contributed by atoms with Crippen molar-refractivity contribution in [2.24, 2.45) is 0 Å². The average molecular weight is 606 g/mol. The summed E-state index contributed by atoms with van der Waals surface area (Å²) in [6.45, 7) is 5.53. The molecule has 3 aromatic rings. The SMILES string of the molecule is CC(C)(C)OC(=O)N[C@@H](Cc1ccccc1)[C@H](O)[C@@H](NCc1ccc(OCCO)cc1)C(=O)NC1c2ccccc2CC1O. The van der Waals surface area contributed by atoms with Gasteiger partial charge in [-0.1, -0.05) is 66.7 Å². The number of aliphatic hydroxyl groups is 3. The van der Waals surface area contributed by atoms with Crippen LogP contribution in [-0.4, -0.2) is 70.4 Å². The van der Waals surface area contributed by atoms with E-state index in [-0.39, 0.29) is 26.2 Å². The molecule has 0 radical (unpaired) electrons. The lowest BCUT2D eigenvalue weighted by Gasteiger charge is -2.32. The van der Waals surface area contributed by atoms with Gasteiger partial charge in [-0.05, 0) is 61.6 Å². The molecular formula is C34H43N3O7. The molecule has 2 unspecified atom stereocenters. The van der Waals surface area contributed by atoms with Crippen LogP contribution in [0.25, 0.3) is 0 Å². The largest absolute Gasteiger partial charge is 0.491 e. The zero-order chi connectivity index (χ0) is 31.7. The molecule has 1 aliphatic rings. The number of hydrogen-bond acceptors (Lipinski definition) is 8. The summed E-state index contributed by atoms with van der Waals surface area (Å²) in [5, 5.41) is 40.5. The fourth-order valence-electron chi connectivity index (χ4n) is 5.27. The van der Waals surface area contributed by atoms with Gasteiger partial charge in [0.2, 0.25) is 5.91 Å². The van der Waals surface area contributed by atoms with Crippen LogP contribution in [0.3, 0.4) is 0 Å². The van der Waals surface area contributed by atoms with Gasteiger partial charge in [0.15, 0.2) is 0 Å². The zero-order valence-electron chi connectivity index (χ0n) is 25.4. The smallest absolute Gasteiger partial charge is 0.407 e. The average Bonchev–Trinajstić information content (AvgIpc) is 3.30. The van der Waals surface area contributed by atoms with Crippen LogP contribution < -0.4 is 20.7 Å². The summed E-state index contributed by atoms with van der Waals surface area (Å²) < 4.78 is 10.9. The summed E-state index contributed by atoms with van der Waals surface area (Å²) in [6.07, 6.45) is -2.28. The maximum absolute atomic E-state index is 13.9. The molecule has 0 heterocycles. The van der Waals surface area contributed by atoms with Gasteiger partial charge < -0.3 is 35.4 Å². The molecule has 6 N–H and O–H groups in total. The molecule has 1 aliphatic carbocycles. The second kappa shape index (κ2) is 15.2. The van der Waals surface area contributed by atoms with Crippen LogP contribution in [0.4, 0.5) is 4.79 Å². The summed E-state index contributed by atoms with van der Waals surface area (Å²) >= 11 is 0. The first-order chi connectivity index (χ1) is 21.0. The Morgan fingerprint density at radius 3 is 2.32 bits per heavy atom. The van der Waals surface area contributed by atoms with Gasteiger partial charge in [-0.2, -0.15) is 0 Å². The molecular weight excluding hydrogens is 562 g/mol. The van der Waals surface area contributed by atoms with Crippen molar-refractivity contribution in [1.82, 2.24) is 16.0 Å². The third-order valence-electron chi connectivity index (χ3n) is 7.35. The van der Waals surface area contributed by atoms with E-state index >= 15 is 0 Å². The third-order valence-corrected chi connectivity index (χ3v) is 7.35. The zero-order valence-corrected chi connectivity index (χ0v) is 25.4. The number of hydrogen-bond donors (Lipinski definition) is 6. The Labute approximate surface area is 258 Å². The van der Waals surface area contributed by atoms with E-state index in [4.69, 9.17) is 14.6 Å². The quantitative estimate of drug-likeness (QED) is 0.174. The number of benzene rings is 3. The van der Waals surface area contributed by atoms with Gasteiger partial charge in [0.05, 0.1) is 30.9 Å². The molecule has 236 valence electrons. The first-order valence-electron chi connectivity index (χ1n) is 14.9. The van der Waals surface area contributed by atoms with E-state index in [0.717, 1.165) is 22.3 Å². The minimum absolute atomic E-state index is 0.0976. The van der Waals surface area contributed by atoms with Crippen LogP contribution >= 0.6 is 0 Å². The maximum Gasteiger partial charge on any atom is 0.407 e. The molecule has 0 spiro atoms. The third kappa shape index (κ3) is 9.27. The van der Waals surface area contributed by atoms with Gasteiger partial charge in [0, 0.05) is 13.0 Å². The van der Waals surface area contributed by atoms with E-state index in [1.807, 2.05) is 66.7 Å². The van der Waals surface area contributed by atoms with Crippen molar-refractivity contribution < 1.29 is 34.4 Å². The van der Waals surface area contributed by atoms with Crippen LogP contribution in [0.5, 0.6) is 5.75 Å². The van der Waals surface area contributed by atoms with E-state index in [1.54, 1.807) is 32.9 Å². The van der Waals surface area contributed by atoms with Crippen molar-refractivity contribution in [1.29, 1.82) is 0 Å². The molecule has 2 amide bonds. The number of carbonyl (C=O) groups is 2. The second-order valence-corrected chi connectivity index (χ2v) is 12.0. The van der Waals surface area contributed by atoms with E-state index in [0.29, 0.717) is 12.2 Å². The molecule has 4 rings (SSSR count). The highest BCUT2D eigenvalue weighted by molar-refractivity contribution is 5.83. The monoisotopic (exact) mass is 605 g/mol. The molecule has 10 nitrogen and oxygen atoms in total. The second-order valence-electron chi connectivity index (χ2n) is 12.0. The summed E-state index contributed by atoms with van der Waals surface area (Å²) in [6, 6.07) is 21.3. The number of rotatable bonds is 13. The summed E-state index contributed by atoms with van der Waals surface area (Å²) in [5.74, 6) is 0.0701. The lowest BCUT2D eigenvalue weighted by atomic mass is 9.95. The highest BCUT2D eigenvalue weighted by Gasteiger charge is 2.38. The molecule has 0 saturated heterocycles. The molecule has 10 heteroatoms. The van der Waals surface area contributed by atoms with Gasteiger partial charge in [0.1, 0.15) is 24.0 Å². The van der Waals surface area contributed by atoms with Crippen LogP contribution in [0, 0.1) is 0 Å². The standard InChI is InChI=1S/C34H43N3O7/c1-34(2,3)44-33(42)36-27(19-22-9-5-4-6-10-22)31(40)30(35-21-23-13-15-25(16-14-23)43-18-17-38)32(41)37-29-26-12-8-7-11-24(26)20-28(29)39/h4-16,27-31,35,38-40H,17-21H2,1-3H3,(H,36,42)(H,37,41)/t27-,28?,29?,30+,31-/m0/s1. The van der Waals surface area contributed by atoms with E-state index in [9.17, 15) is 19.8 Å². The van der Waals surface area contributed by atoms with Crippen LogP contribution in [-0.2, 0) is 28.9 Å². The first kappa shape index (κ1) is 32.9. The van der Waals surface area contributed by atoms with Gasteiger partial charge >= 0.3 is 6.09 Å². The normalized spacial score (nSPS) is 18.0. The number of nitrogens with one attached hydrogen (secondary N) is 3. The summed E-state index contributed by atoms with van der Waals surface area (Å²) in [7, 11) is 0. The Morgan fingerprint density at radius 1 is 0.955 bits per heavy atom. The van der Waals surface area contributed by atoms with Crippen LogP contribution in [0.1, 0.15) is 49.1 Å². The molecule has 0 bridgehead atoms. The van der Waals surface area contributed by atoms with Crippen LogP contribution in [0.15, 0.2) is 78.9 Å². The Morgan fingerprint density at radius 2 is 1.64 bits per heavy atom. The lowest BCUT2D eigenvalue weighted by molar-refractivity contribution is -0.128. The Hall–Kier alpha value is -3.96. The topological polar surface area (TPSA) is 149 Å². The van der Waals surface area contributed by atoms with E-state index in [1.165, 1.54) is 0 Å². The van der Waals surface area contributed by atoms with Crippen molar-refractivity contribution in [3.05, 3.63) is 101 Å². The fraction of sp³-hybridized carbons (Fsp3) is 0.412. The predicted octanol–water partition coefficient (Wildman–Crippen LogP) is 2.79. The molecule has 0 fully saturated rings. The van der Waals surface area contributed by atoms with Gasteiger partial charge in [-0.15, -0.1) is 0 Å². The predicted molar refractivity (Wildman–Crippen MR) is 166 cm³/mol. The molecule has 0 aliphatic heterocycles. The highest BCUT2D eigenvalue weighted by Crippen LogP contribution is 2.31. The van der Waals surface area contributed by atoms with Gasteiger partial charge in [-0.3, -0.25) is 10.1 Å². The Kier molecular flexibility index (Phi) is 11.4. The summed E-state index contributed by atoms with van der Waals surface area (Å²) in [4.78, 5) is 26.8. The van der Waals surface area contributed by atoms with Crippen molar-refractivity contribution in [3.8, 4) is 5.75 Å². The molecule has 0 aromatic heterocycles. The molecule has 5 atom stereocenters. The van der Waals surface area contributed by atoms with Crippen molar-refractivity contribution in [2.45, 2.75) is 76.1 Å². The molecule has 44 heavy (non-hydrogen) atoms. The van der Waals surface area contributed by atoms with Crippen molar-refractivity contribution in [3.63, 3.8) is 0 Å². The lowest BCUT2D eigenvalue weighted by Crippen LogP contribution is -2.60. The molecule has 0 saturated carbocycles. The number of fused-ring (bicyclic) bond motifs is 1. The van der Waals surface area contributed by atoms with Crippen molar-refractivity contribution in [2.75, 3.05) is 13.2 Å². The van der Waals surface area contributed by atoms with Gasteiger partial charge in [-0.25, -0.2) is 4.79 Å². The van der Waals surface area contributed by atoms with Crippen molar-refractivity contribution >= 4 is 12.0 Å². The number of alkyl carbamates (subject to hydrolysis) is 1. The van der Waals surface area contributed by atoms with Crippen LogP contribution in [0.2, 0.25) is 0 Å². The minimum Gasteiger partial charge on any atom is -0.491 e. The number of ether oxygens (including phenoxy) is 2.